The molecule has 1 heterocycles. The van der Waals surface area contributed by atoms with Crippen LogP contribution in [0.25, 0.3) is 0 Å². The van der Waals surface area contributed by atoms with E-state index in [1.54, 1.807) is 6.92 Å². The van der Waals surface area contributed by atoms with Crippen LogP contribution in [0.2, 0.25) is 0 Å². The fourth-order valence-electron chi connectivity index (χ4n) is 1.39. The number of nitrogens with two attached hydrogens (primary N) is 1. The first kappa shape index (κ1) is 15.3. The number of carbonyl (C=O) groups is 2. The molecule has 0 bridgehead atoms. The standard InChI is InChI=1S/C10H17N5O3S/c1-3-4-12-8(18)6(2)15-9(11)13-14-10(15)19-5-7(16)17/h6H,3-5H2,1-2H3,(H2,11,13)(H,12,18)(H,16,17). The van der Waals surface area contributed by atoms with Crippen LogP contribution in [0.1, 0.15) is 26.3 Å². The predicted molar refractivity (Wildman–Crippen MR) is 70.8 cm³/mol. The quantitative estimate of drug-likeness (QED) is 0.609. The van der Waals surface area contributed by atoms with Gasteiger partial charge in [-0.25, -0.2) is 0 Å². The second-order valence-electron chi connectivity index (χ2n) is 3.86. The van der Waals surface area contributed by atoms with Crippen molar-refractivity contribution in [2.45, 2.75) is 31.5 Å². The van der Waals surface area contributed by atoms with Gasteiger partial charge in [0, 0.05) is 6.54 Å². The van der Waals surface area contributed by atoms with Crippen molar-refractivity contribution >= 4 is 29.6 Å². The fraction of sp³-hybridized carbons (Fsp3) is 0.600. The van der Waals surface area contributed by atoms with Crippen molar-refractivity contribution in [3.8, 4) is 0 Å². The summed E-state index contributed by atoms with van der Waals surface area (Å²) < 4.78 is 1.43. The van der Waals surface area contributed by atoms with Crippen molar-refractivity contribution in [1.29, 1.82) is 0 Å². The number of aliphatic carboxylic acids is 1. The summed E-state index contributed by atoms with van der Waals surface area (Å²) in [5.74, 6) is -1.25. The molecule has 8 nitrogen and oxygen atoms in total. The zero-order chi connectivity index (χ0) is 14.4. The third-order valence-electron chi connectivity index (χ3n) is 2.33. The van der Waals surface area contributed by atoms with Gasteiger partial charge in [0.1, 0.15) is 6.04 Å². The van der Waals surface area contributed by atoms with Crippen molar-refractivity contribution in [1.82, 2.24) is 20.1 Å². The maximum absolute atomic E-state index is 11.9. The summed E-state index contributed by atoms with van der Waals surface area (Å²) in [5.41, 5.74) is 5.66. The molecule has 1 unspecified atom stereocenters. The van der Waals surface area contributed by atoms with E-state index in [1.807, 2.05) is 6.92 Å². The zero-order valence-corrected chi connectivity index (χ0v) is 11.6. The first-order valence-electron chi connectivity index (χ1n) is 5.80. The summed E-state index contributed by atoms with van der Waals surface area (Å²) in [7, 11) is 0. The van der Waals surface area contributed by atoms with Crippen LogP contribution in [-0.4, -0.2) is 44.0 Å². The molecular weight excluding hydrogens is 270 g/mol. The number of amides is 1. The lowest BCUT2D eigenvalue weighted by atomic mass is 10.3. The summed E-state index contributed by atoms with van der Waals surface area (Å²) in [6.45, 7) is 4.19. The van der Waals surface area contributed by atoms with Gasteiger partial charge in [0.15, 0.2) is 5.16 Å². The lowest BCUT2D eigenvalue weighted by molar-refractivity contribution is -0.133. The molecule has 0 aliphatic rings. The second-order valence-corrected chi connectivity index (χ2v) is 4.80. The number of carboxylic acids is 1. The third-order valence-corrected chi connectivity index (χ3v) is 3.26. The number of nitrogens with one attached hydrogen (secondary N) is 1. The van der Waals surface area contributed by atoms with E-state index in [-0.39, 0.29) is 17.6 Å². The lowest BCUT2D eigenvalue weighted by Crippen LogP contribution is -2.32. The Bertz CT molecular complexity index is 462. The van der Waals surface area contributed by atoms with Crippen LogP contribution in [0, 0.1) is 0 Å². The number of nitrogen functional groups attached to an aromatic ring is 1. The van der Waals surface area contributed by atoms with E-state index in [1.165, 1.54) is 4.57 Å². The molecule has 4 N–H and O–H groups in total. The molecule has 0 saturated heterocycles. The van der Waals surface area contributed by atoms with Gasteiger partial charge in [-0.3, -0.25) is 14.2 Å². The Balaban J connectivity index is 2.82. The smallest absolute Gasteiger partial charge is 0.313 e. The highest BCUT2D eigenvalue weighted by atomic mass is 32.2. The first-order valence-corrected chi connectivity index (χ1v) is 6.78. The normalized spacial score (nSPS) is 12.1. The average molecular weight is 287 g/mol. The molecular formula is C10H17N5O3S. The number of carbonyl (C=O) groups excluding carboxylic acids is 1. The summed E-state index contributed by atoms with van der Waals surface area (Å²) in [6, 6.07) is -0.585. The Labute approximate surface area is 114 Å². The van der Waals surface area contributed by atoms with E-state index in [4.69, 9.17) is 10.8 Å². The number of rotatable bonds is 7. The predicted octanol–water partition coefficient (Wildman–Crippen LogP) is 0.124. The van der Waals surface area contributed by atoms with E-state index in [0.29, 0.717) is 11.7 Å². The van der Waals surface area contributed by atoms with Gasteiger partial charge < -0.3 is 16.2 Å². The molecule has 106 valence electrons. The van der Waals surface area contributed by atoms with Crippen LogP contribution in [-0.2, 0) is 9.59 Å². The molecule has 1 atom stereocenters. The molecule has 1 aromatic heterocycles. The van der Waals surface area contributed by atoms with Gasteiger partial charge in [-0.2, -0.15) is 0 Å². The summed E-state index contributed by atoms with van der Waals surface area (Å²) in [6.07, 6.45) is 0.830. The maximum Gasteiger partial charge on any atom is 0.313 e. The van der Waals surface area contributed by atoms with Gasteiger partial charge in [0.05, 0.1) is 5.75 Å². The van der Waals surface area contributed by atoms with Gasteiger partial charge in [-0.05, 0) is 13.3 Å². The zero-order valence-electron chi connectivity index (χ0n) is 10.8. The first-order chi connectivity index (χ1) is 8.97. The molecule has 1 aromatic rings. The third kappa shape index (κ3) is 4.12. The number of aromatic nitrogens is 3. The van der Waals surface area contributed by atoms with E-state index in [2.05, 4.69) is 15.5 Å². The van der Waals surface area contributed by atoms with Gasteiger partial charge in [0.2, 0.25) is 11.9 Å². The van der Waals surface area contributed by atoms with Gasteiger partial charge in [-0.15, -0.1) is 10.2 Å². The van der Waals surface area contributed by atoms with Gasteiger partial charge in [0.25, 0.3) is 0 Å². The number of hydrogen-bond donors (Lipinski definition) is 3. The molecule has 0 saturated carbocycles. The van der Waals surface area contributed by atoms with E-state index >= 15 is 0 Å². The molecule has 0 aliphatic carbocycles. The Morgan fingerprint density at radius 3 is 2.79 bits per heavy atom. The number of thioether (sulfide) groups is 1. The number of carboxylic acid groups (broad SMARTS) is 1. The monoisotopic (exact) mass is 287 g/mol. The summed E-state index contributed by atoms with van der Waals surface area (Å²) >= 11 is 0.975. The molecule has 9 heteroatoms. The van der Waals surface area contributed by atoms with Crippen LogP contribution >= 0.6 is 11.8 Å². The molecule has 0 aliphatic heterocycles. The van der Waals surface area contributed by atoms with Crippen LogP contribution in [0.3, 0.4) is 0 Å². The molecule has 0 aromatic carbocycles. The number of hydrogen-bond acceptors (Lipinski definition) is 6. The van der Waals surface area contributed by atoms with Crippen molar-refractivity contribution in [3.63, 3.8) is 0 Å². The van der Waals surface area contributed by atoms with Crippen molar-refractivity contribution in [2.75, 3.05) is 18.0 Å². The summed E-state index contributed by atoms with van der Waals surface area (Å²) in [5, 5.41) is 19.2. The Morgan fingerprint density at radius 2 is 2.21 bits per heavy atom. The van der Waals surface area contributed by atoms with E-state index in [9.17, 15) is 9.59 Å². The molecule has 0 spiro atoms. The lowest BCUT2D eigenvalue weighted by Gasteiger charge is -2.15. The minimum atomic E-state index is -0.971. The van der Waals surface area contributed by atoms with Crippen LogP contribution < -0.4 is 11.1 Å². The average Bonchev–Trinajstić information content (AvgIpc) is 2.73. The highest BCUT2D eigenvalue weighted by Crippen LogP contribution is 2.22. The minimum absolute atomic E-state index is 0.0898. The van der Waals surface area contributed by atoms with E-state index < -0.39 is 12.0 Å². The summed E-state index contributed by atoms with van der Waals surface area (Å²) in [4.78, 5) is 22.4. The topological polar surface area (TPSA) is 123 Å². The fourth-order valence-corrected chi connectivity index (χ4v) is 2.13. The molecule has 0 radical (unpaired) electrons. The largest absolute Gasteiger partial charge is 0.481 e. The molecule has 1 rings (SSSR count). The maximum atomic E-state index is 11.9. The molecule has 0 fully saturated rings. The van der Waals surface area contributed by atoms with Crippen LogP contribution in [0.15, 0.2) is 5.16 Å². The van der Waals surface area contributed by atoms with E-state index in [0.717, 1.165) is 18.2 Å². The minimum Gasteiger partial charge on any atom is -0.481 e. The Hall–Kier alpha value is -1.77. The molecule has 1 amide bonds. The Morgan fingerprint density at radius 1 is 1.53 bits per heavy atom. The SMILES string of the molecule is CCCNC(=O)C(C)n1c(N)nnc1SCC(=O)O. The van der Waals surface area contributed by atoms with Gasteiger partial charge >= 0.3 is 5.97 Å². The van der Waals surface area contributed by atoms with Crippen molar-refractivity contribution in [3.05, 3.63) is 0 Å². The molecule has 19 heavy (non-hydrogen) atoms. The van der Waals surface area contributed by atoms with Gasteiger partial charge in [-0.1, -0.05) is 18.7 Å². The van der Waals surface area contributed by atoms with Crippen LogP contribution in [0.4, 0.5) is 5.95 Å². The van der Waals surface area contributed by atoms with Crippen molar-refractivity contribution < 1.29 is 14.7 Å². The highest BCUT2D eigenvalue weighted by molar-refractivity contribution is 7.99. The number of anilines is 1. The number of nitrogens with zero attached hydrogens (tertiary/aromatic N) is 3. The Kier molecular flexibility index (Phi) is 5.61. The van der Waals surface area contributed by atoms with Crippen molar-refractivity contribution in [2.24, 2.45) is 0 Å². The van der Waals surface area contributed by atoms with Crippen LogP contribution in [0.5, 0.6) is 0 Å². The highest BCUT2D eigenvalue weighted by Gasteiger charge is 2.22. The second kappa shape index (κ2) is 6.98.